The lowest BCUT2D eigenvalue weighted by atomic mass is 9.97. The molecule has 0 amide bonds. The molecule has 1 saturated heterocycles. The Kier molecular flexibility index (Phi) is 11.3. The predicted molar refractivity (Wildman–Crippen MR) is 230 cm³/mol. The first-order valence-corrected chi connectivity index (χ1v) is 20.6. The van der Waals surface area contributed by atoms with Gasteiger partial charge >= 0.3 is 5.97 Å². The number of benzene rings is 5. The van der Waals surface area contributed by atoms with Crippen molar-refractivity contribution in [2.45, 2.75) is 19.1 Å². The number of carbonyl (C=O) groups is 1. The maximum atomic E-state index is 14.9. The number of aromatic nitrogens is 4. The molecule has 8 aromatic rings. The van der Waals surface area contributed by atoms with Crippen LogP contribution in [0.25, 0.3) is 53.2 Å². The van der Waals surface area contributed by atoms with E-state index >= 15 is 0 Å². The molecule has 2 N–H and O–H groups in total. The van der Waals surface area contributed by atoms with Crippen molar-refractivity contribution in [1.82, 2.24) is 30.2 Å². The highest BCUT2D eigenvalue weighted by molar-refractivity contribution is 7.26. The van der Waals surface area contributed by atoms with Crippen LogP contribution in [-0.2, 0) is 17.8 Å². The summed E-state index contributed by atoms with van der Waals surface area (Å²) in [6, 6.07) is 24.8. The Morgan fingerprint density at radius 2 is 1.70 bits per heavy atom. The van der Waals surface area contributed by atoms with Gasteiger partial charge < -0.3 is 29.4 Å². The topological polar surface area (TPSA) is 141 Å². The van der Waals surface area contributed by atoms with Gasteiger partial charge in [-0.15, -0.1) is 11.3 Å². The van der Waals surface area contributed by atoms with Crippen LogP contribution in [0.2, 0.25) is 5.02 Å². The SMILES string of the molecule is COc1ccccc1-c1nccc(COc2ccccc2CC(Oc2ncnc3sc4c5ccc(F)cc5c5c(Cl)c(OCCN6CCNCC6)ccc5c4c23)C(=O)O)n1. The second-order valence-electron chi connectivity index (χ2n) is 14.2. The number of nitrogens with zero attached hydrogens (tertiary/aromatic N) is 5. The minimum Gasteiger partial charge on any atom is -0.496 e. The van der Waals surface area contributed by atoms with E-state index in [9.17, 15) is 14.3 Å². The fourth-order valence-corrected chi connectivity index (χ4v) is 9.15. The Hall–Kier alpha value is -6.19. The number of ether oxygens (including phenoxy) is 4. The van der Waals surface area contributed by atoms with Crippen LogP contribution in [0, 0.1) is 5.82 Å². The molecule has 0 spiro atoms. The van der Waals surface area contributed by atoms with Gasteiger partial charge in [-0.1, -0.05) is 48.0 Å². The quantitative estimate of drug-likeness (QED) is 0.102. The third-order valence-corrected chi connectivity index (χ3v) is 12.0. The van der Waals surface area contributed by atoms with Gasteiger partial charge in [-0.05, 0) is 64.9 Å². The van der Waals surface area contributed by atoms with Crippen LogP contribution < -0.4 is 24.3 Å². The lowest BCUT2D eigenvalue weighted by Crippen LogP contribution is -2.44. The van der Waals surface area contributed by atoms with E-state index in [-0.39, 0.29) is 18.9 Å². The van der Waals surface area contributed by atoms with Gasteiger partial charge in [0.25, 0.3) is 0 Å². The monoisotopic (exact) mass is 844 g/mol. The lowest BCUT2D eigenvalue weighted by Gasteiger charge is -2.27. The van der Waals surface area contributed by atoms with Crippen LogP contribution >= 0.6 is 22.9 Å². The number of hydrogen-bond donors (Lipinski definition) is 2. The molecule has 15 heteroatoms. The van der Waals surface area contributed by atoms with Crippen molar-refractivity contribution >= 4 is 70.8 Å². The number of hydrogen-bond acceptors (Lipinski definition) is 12. The first-order valence-electron chi connectivity index (χ1n) is 19.4. The Morgan fingerprint density at radius 3 is 2.53 bits per heavy atom. The number of carboxylic acids is 1. The van der Waals surface area contributed by atoms with Crippen molar-refractivity contribution in [3.8, 4) is 34.5 Å². The zero-order valence-corrected chi connectivity index (χ0v) is 33.9. The van der Waals surface area contributed by atoms with E-state index in [0.717, 1.165) is 53.8 Å². The lowest BCUT2D eigenvalue weighted by molar-refractivity contribution is -0.145. The molecule has 1 fully saturated rings. The van der Waals surface area contributed by atoms with E-state index in [4.69, 9.17) is 35.5 Å². The molecule has 0 aliphatic carbocycles. The number of para-hydroxylation sites is 2. The van der Waals surface area contributed by atoms with E-state index in [0.29, 0.717) is 72.3 Å². The molecule has 0 saturated carbocycles. The Morgan fingerprint density at radius 1 is 0.900 bits per heavy atom. The average Bonchev–Trinajstić information content (AvgIpc) is 3.68. The van der Waals surface area contributed by atoms with Crippen LogP contribution in [-0.4, -0.2) is 88.5 Å². The van der Waals surface area contributed by atoms with Crippen molar-refractivity contribution in [2.75, 3.05) is 46.4 Å². The molecular weight excluding hydrogens is 807 g/mol. The van der Waals surface area contributed by atoms with Gasteiger partial charge in [-0.2, -0.15) is 0 Å². The van der Waals surface area contributed by atoms with E-state index in [1.165, 1.54) is 29.8 Å². The summed E-state index contributed by atoms with van der Waals surface area (Å²) in [5.41, 5.74) is 1.98. The van der Waals surface area contributed by atoms with E-state index in [1.54, 1.807) is 37.6 Å². The van der Waals surface area contributed by atoms with Crippen LogP contribution in [0.5, 0.6) is 23.1 Å². The van der Waals surface area contributed by atoms with E-state index in [1.807, 2.05) is 48.5 Å². The van der Waals surface area contributed by atoms with E-state index in [2.05, 4.69) is 25.2 Å². The highest BCUT2D eigenvalue weighted by Crippen LogP contribution is 2.49. The average molecular weight is 845 g/mol. The normalized spacial score (nSPS) is 13.8. The zero-order valence-electron chi connectivity index (χ0n) is 32.4. The summed E-state index contributed by atoms with van der Waals surface area (Å²) in [6.07, 6.45) is 1.61. The highest BCUT2D eigenvalue weighted by Gasteiger charge is 2.27. The van der Waals surface area contributed by atoms with Gasteiger partial charge in [-0.25, -0.2) is 29.1 Å². The van der Waals surface area contributed by atoms with Gasteiger partial charge in [0.15, 0.2) is 5.82 Å². The van der Waals surface area contributed by atoms with Gasteiger partial charge in [0.05, 0.1) is 28.8 Å². The van der Waals surface area contributed by atoms with Crippen molar-refractivity contribution in [1.29, 1.82) is 0 Å². The molecular formula is C45H38ClFN6O6S. The summed E-state index contributed by atoms with van der Waals surface area (Å²) in [7, 11) is 1.59. The number of nitrogens with one attached hydrogen (secondary N) is 1. The second-order valence-corrected chi connectivity index (χ2v) is 15.6. The molecule has 1 aliphatic heterocycles. The molecule has 9 rings (SSSR count). The van der Waals surface area contributed by atoms with Crippen LogP contribution in [0.1, 0.15) is 11.3 Å². The number of aliphatic carboxylic acids is 1. The van der Waals surface area contributed by atoms with Crippen LogP contribution in [0.3, 0.4) is 0 Å². The van der Waals surface area contributed by atoms with Gasteiger partial charge in [-0.3, -0.25) is 4.90 Å². The molecule has 60 heavy (non-hydrogen) atoms. The summed E-state index contributed by atoms with van der Waals surface area (Å²) < 4.78 is 40.1. The maximum absolute atomic E-state index is 14.9. The van der Waals surface area contributed by atoms with Gasteiger partial charge in [0, 0.05) is 66.2 Å². The molecule has 0 bridgehead atoms. The minimum atomic E-state index is -1.36. The van der Waals surface area contributed by atoms with Crippen LogP contribution in [0.15, 0.2) is 97.5 Å². The summed E-state index contributed by atoms with van der Waals surface area (Å²) >= 11 is 8.56. The Labute approximate surface area is 352 Å². The fourth-order valence-electron chi connectivity index (χ4n) is 7.64. The molecule has 4 heterocycles. The molecule has 304 valence electrons. The summed E-state index contributed by atoms with van der Waals surface area (Å²) in [4.78, 5) is 34.0. The second kappa shape index (κ2) is 17.2. The zero-order chi connectivity index (χ0) is 41.2. The summed E-state index contributed by atoms with van der Waals surface area (Å²) in [5, 5.41) is 18.2. The van der Waals surface area contributed by atoms with Crippen molar-refractivity contribution in [3.05, 3.63) is 120 Å². The Bertz CT molecular complexity index is 2890. The number of piperazine rings is 1. The third-order valence-electron chi connectivity index (χ3n) is 10.5. The summed E-state index contributed by atoms with van der Waals surface area (Å²) in [6.45, 7) is 5.02. The molecule has 1 unspecified atom stereocenters. The van der Waals surface area contributed by atoms with Gasteiger partial charge in [0.1, 0.15) is 47.4 Å². The standard InChI is InChI=1S/C45H38ClFN6O6S/c1-56-34-9-5-3-7-30(34)42-49-15-14-28(52-42)24-58-33-8-4-2-6-26(33)22-36(45(54)55)59-43-39-38-31-12-13-35(57-21-20-53-18-16-48-17-19-53)40(46)37(31)32-23-27(47)10-11-29(32)41(38)60-44(39)51-25-50-43/h2-15,23,25,36,48H,16-22,24H2,1H3,(H,54,55). The molecule has 5 aromatic carbocycles. The number of rotatable bonds is 14. The number of methoxy groups -OCH3 is 1. The van der Waals surface area contributed by atoms with Gasteiger partial charge in [0.2, 0.25) is 12.0 Å². The molecule has 0 radical (unpaired) electrons. The largest absolute Gasteiger partial charge is 0.496 e. The number of halogens is 2. The number of carboxylic acid groups (broad SMARTS) is 1. The first kappa shape index (κ1) is 39.3. The van der Waals surface area contributed by atoms with Crippen molar-refractivity contribution < 1.29 is 33.2 Å². The fraction of sp³-hybridized carbons (Fsp3) is 0.222. The first-order chi connectivity index (χ1) is 29.4. The molecule has 12 nitrogen and oxygen atoms in total. The molecule has 1 atom stereocenters. The Balaban J connectivity index is 1.03. The number of thiophene rings is 1. The number of fused-ring (bicyclic) bond motifs is 8. The third kappa shape index (κ3) is 7.82. The highest BCUT2D eigenvalue weighted by atomic mass is 35.5. The maximum Gasteiger partial charge on any atom is 0.345 e. The molecule has 1 aliphatic rings. The minimum absolute atomic E-state index is 0.0429. The molecule has 3 aromatic heterocycles. The summed E-state index contributed by atoms with van der Waals surface area (Å²) in [5.74, 6) is 0.598. The smallest absolute Gasteiger partial charge is 0.345 e. The van der Waals surface area contributed by atoms with E-state index < -0.39 is 17.9 Å². The van der Waals surface area contributed by atoms with Crippen LogP contribution in [0.4, 0.5) is 4.39 Å². The van der Waals surface area contributed by atoms with Crippen molar-refractivity contribution in [3.63, 3.8) is 0 Å². The predicted octanol–water partition coefficient (Wildman–Crippen LogP) is 8.35. The van der Waals surface area contributed by atoms with Crippen molar-refractivity contribution in [2.24, 2.45) is 0 Å².